The standard InChI is InChI=1S/C10H14BrFN2O2S.ClH/c1-7(6-13)14(2)17(15,16)10-5-8(11)3-4-9(10)12;/h3-5,7H,6,13H2,1-2H3;1H. The lowest BCUT2D eigenvalue weighted by molar-refractivity contribution is 0.391. The van der Waals surface area contributed by atoms with Crippen LogP contribution in [0.5, 0.6) is 0 Å². The molecule has 4 nitrogen and oxygen atoms in total. The highest BCUT2D eigenvalue weighted by Crippen LogP contribution is 2.23. The Morgan fingerprint density at radius 2 is 2.06 bits per heavy atom. The first-order chi connectivity index (χ1) is 7.80. The second-order valence-electron chi connectivity index (χ2n) is 3.68. The molecule has 0 saturated heterocycles. The van der Waals surface area contributed by atoms with E-state index in [1.807, 2.05) is 0 Å². The zero-order chi connectivity index (χ0) is 13.2. The van der Waals surface area contributed by atoms with E-state index < -0.39 is 21.9 Å². The molecular formula is C10H15BrClFN2O2S. The number of benzene rings is 1. The molecule has 0 saturated carbocycles. The number of rotatable bonds is 4. The van der Waals surface area contributed by atoms with Crippen LogP contribution in [0, 0.1) is 5.82 Å². The number of hydrogen-bond donors (Lipinski definition) is 1. The van der Waals surface area contributed by atoms with Gasteiger partial charge < -0.3 is 5.73 Å². The minimum atomic E-state index is -3.86. The van der Waals surface area contributed by atoms with E-state index >= 15 is 0 Å². The van der Waals surface area contributed by atoms with Crippen LogP contribution in [-0.2, 0) is 10.0 Å². The molecule has 0 aliphatic carbocycles. The van der Waals surface area contributed by atoms with Crippen molar-refractivity contribution in [1.29, 1.82) is 0 Å². The summed E-state index contributed by atoms with van der Waals surface area (Å²) in [5.41, 5.74) is 5.41. The number of sulfonamides is 1. The van der Waals surface area contributed by atoms with Crippen LogP contribution in [0.15, 0.2) is 27.6 Å². The summed E-state index contributed by atoms with van der Waals surface area (Å²) in [5, 5.41) is 0. The minimum absolute atomic E-state index is 0. The van der Waals surface area contributed by atoms with Crippen LogP contribution in [0.3, 0.4) is 0 Å². The molecule has 1 atom stereocenters. The molecule has 0 fully saturated rings. The largest absolute Gasteiger partial charge is 0.329 e. The normalized spacial score (nSPS) is 13.2. The molecule has 1 rings (SSSR count). The third kappa shape index (κ3) is 3.64. The summed E-state index contributed by atoms with van der Waals surface area (Å²) in [5.74, 6) is -0.774. The molecule has 1 unspecified atom stereocenters. The van der Waals surface area contributed by atoms with Crippen molar-refractivity contribution in [3.63, 3.8) is 0 Å². The summed E-state index contributed by atoms with van der Waals surface area (Å²) in [6.45, 7) is 1.83. The molecule has 1 aromatic carbocycles. The quantitative estimate of drug-likeness (QED) is 0.892. The first kappa shape index (κ1) is 17.8. The van der Waals surface area contributed by atoms with E-state index in [0.29, 0.717) is 4.47 Å². The second kappa shape index (κ2) is 6.81. The van der Waals surface area contributed by atoms with Gasteiger partial charge in [0.15, 0.2) is 0 Å². The predicted octanol–water partition coefficient (Wildman–Crippen LogP) is 1.98. The van der Waals surface area contributed by atoms with Crippen LogP contribution >= 0.6 is 28.3 Å². The number of hydrogen-bond acceptors (Lipinski definition) is 3. The molecule has 2 N–H and O–H groups in total. The molecule has 0 bridgehead atoms. The van der Waals surface area contributed by atoms with Crippen LogP contribution in [0.2, 0.25) is 0 Å². The molecule has 0 radical (unpaired) electrons. The molecule has 18 heavy (non-hydrogen) atoms. The number of nitrogens with zero attached hydrogens (tertiary/aromatic N) is 1. The first-order valence-electron chi connectivity index (χ1n) is 4.94. The van der Waals surface area contributed by atoms with Gasteiger partial charge in [-0.1, -0.05) is 15.9 Å². The Morgan fingerprint density at radius 3 is 2.56 bits per heavy atom. The summed E-state index contributed by atoms with van der Waals surface area (Å²) in [6, 6.07) is 3.40. The van der Waals surface area contributed by atoms with Gasteiger partial charge in [0.2, 0.25) is 10.0 Å². The van der Waals surface area contributed by atoms with Gasteiger partial charge in [0.25, 0.3) is 0 Å². The third-order valence-electron chi connectivity index (χ3n) is 2.51. The smallest absolute Gasteiger partial charge is 0.246 e. The van der Waals surface area contributed by atoms with E-state index in [9.17, 15) is 12.8 Å². The number of nitrogens with two attached hydrogens (primary N) is 1. The topological polar surface area (TPSA) is 63.4 Å². The Balaban J connectivity index is 0.00000289. The summed E-state index contributed by atoms with van der Waals surface area (Å²) >= 11 is 3.12. The maximum absolute atomic E-state index is 13.5. The molecule has 104 valence electrons. The SMILES string of the molecule is CC(CN)N(C)S(=O)(=O)c1cc(Br)ccc1F.Cl. The average Bonchev–Trinajstić information content (AvgIpc) is 2.30. The summed E-state index contributed by atoms with van der Waals surface area (Å²) in [4.78, 5) is -0.352. The van der Waals surface area contributed by atoms with Gasteiger partial charge in [0, 0.05) is 24.1 Å². The molecule has 0 spiro atoms. The van der Waals surface area contributed by atoms with Gasteiger partial charge >= 0.3 is 0 Å². The highest BCUT2D eigenvalue weighted by molar-refractivity contribution is 9.10. The van der Waals surface area contributed by atoms with Crippen molar-refractivity contribution in [3.05, 3.63) is 28.5 Å². The maximum Gasteiger partial charge on any atom is 0.246 e. The van der Waals surface area contributed by atoms with E-state index in [1.54, 1.807) is 6.92 Å². The fourth-order valence-electron chi connectivity index (χ4n) is 1.22. The monoisotopic (exact) mass is 360 g/mol. The molecule has 1 aromatic rings. The van der Waals surface area contributed by atoms with E-state index in [2.05, 4.69) is 15.9 Å². The molecule has 0 aliphatic heterocycles. The highest BCUT2D eigenvalue weighted by atomic mass is 79.9. The minimum Gasteiger partial charge on any atom is -0.329 e. The molecule has 0 aromatic heterocycles. The Kier molecular flexibility index (Phi) is 6.73. The van der Waals surface area contributed by atoms with Gasteiger partial charge in [-0.3, -0.25) is 0 Å². The molecule has 0 heterocycles. The van der Waals surface area contributed by atoms with Crippen molar-refractivity contribution in [2.75, 3.05) is 13.6 Å². The Hall–Kier alpha value is -0.210. The lowest BCUT2D eigenvalue weighted by Gasteiger charge is -2.23. The van der Waals surface area contributed by atoms with Gasteiger partial charge in [-0.15, -0.1) is 12.4 Å². The fourth-order valence-corrected chi connectivity index (χ4v) is 3.19. The lowest BCUT2D eigenvalue weighted by atomic mass is 10.3. The predicted molar refractivity (Wildman–Crippen MR) is 74.8 cm³/mol. The van der Waals surface area contributed by atoms with Crippen molar-refractivity contribution in [2.45, 2.75) is 17.9 Å². The van der Waals surface area contributed by atoms with Crippen LogP contribution in [0.1, 0.15) is 6.92 Å². The van der Waals surface area contributed by atoms with Gasteiger partial charge in [-0.05, 0) is 25.1 Å². The lowest BCUT2D eigenvalue weighted by Crippen LogP contribution is -2.39. The Labute approximate surface area is 121 Å². The second-order valence-corrected chi connectivity index (χ2v) is 6.56. The van der Waals surface area contributed by atoms with E-state index in [-0.39, 0.29) is 23.8 Å². The highest BCUT2D eigenvalue weighted by Gasteiger charge is 2.27. The Bertz CT molecular complexity index is 513. The summed E-state index contributed by atoms with van der Waals surface area (Å²) in [7, 11) is -2.47. The number of likely N-dealkylation sites (N-methyl/N-ethyl adjacent to an activating group) is 1. The first-order valence-corrected chi connectivity index (χ1v) is 7.17. The van der Waals surface area contributed by atoms with E-state index in [4.69, 9.17) is 5.73 Å². The molecular weight excluding hydrogens is 347 g/mol. The van der Waals surface area contributed by atoms with Crippen molar-refractivity contribution in [2.24, 2.45) is 5.73 Å². The van der Waals surface area contributed by atoms with Crippen LogP contribution in [0.4, 0.5) is 4.39 Å². The van der Waals surface area contributed by atoms with E-state index in [0.717, 1.165) is 10.4 Å². The van der Waals surface area contributed by atoms with Gasteiger partial charge in [-0.25, -0.2) is 12.8 Å². The van der Waals surface area contributed by atoms with Crippen molar-refractivity contribution < 1.29 is 12.8 Å². The summed E-state index contributed by atoms with van der Waals surface area (Å²) in [6.07, 6.45) is 0. The maximum atomic E-state index is 13.5. The zero-order valence-electron chi connectivity index (χ0n) is 9.93. The average molecular weight is 362 g/mol. The van der Waals surface area contributed by atoms with Crippen molar-refractivity contribution in [1.82, 2.24) is 4.31 Å². The van der Waals surface area contributed by atoms with Crippen molar-refractivity contribution in [3.8, 4) is 0 Å². The van der Waals surface area contributed by atoms with Gasteiger partial charge in [0.1, 0.15) is 10.7 Å². The molecule has 0 aliphatic rings. The van der Waals surface area contributed by atoms with Gasteiger partial charge in [-0.2, -0.15) is 4.31 Å². The molecule has 8 heteroatoms. The fraction of sp³-hybridized carbons (Fsp3) is 0.400. The van der Waals surface area contributed by atoms with Crippen molar-refractivity contribution >= 4 is 38.4 Å². The number of halogens is 3. The summed E-state index contributed by atoms with van der Waals surface area (Å²) < 4.78 is 39.3. The van der Waals surface area contributed by atoms with Gasteiger partial charge in [0.05, 0.1) is 0 Å². The van der Waals surface area contributed by atoms with Crippen LogP contribution in [0.25, 0.3) is 0 Å². The molecule has 0 amide bonds. The van der Waals surface area contributed by atoms with Crippen LogP contribution in [-0.4, -0.2) is 32.4 Å². The third-order valence-corrected chi connectivity index (χ3v) is 4.99. The zero-order valence-corrected chi connectivity index (χ0v) is 13.1. The van der Waals surface area contributed by atoms with Crippen LogP contribution < -0.4 is 5.73 Å². The Morgan fingerprint density at radius 1 is 1.50 bits per heavy atom. The van der Waals surface area contributed by atoms with E-state index in [1.165, 1.54) is 19.2 Å².